The van der Waals surface area contributed by atoms with Gasteiger partial charge in [0.25, 0.3) is 0 Å². The molecular formula is C12H9BrClFS. The van der Waals surface area contributed by atoms with Gasteiger partial charge >= 0.3 is 0 Å². The van der Waals surface area contributed by atoms with Gasteiger partial charge in [-0.3, -0.25) is 0 Å². The van der Waals surface area contributed by atoms with Crippen molar-refractivity contribution in [3.63, 3.8) is 0 Å². The molecule has 1 aromatic carbocycles. The number of halogens is 3. The Morgan fingerprint density at radius 1 is 1.25 bits per heavy atom. The zero-order valence-electron chi connectivity index (χ0n) is 8.29. The Labute approximate surface area is 111 Å². The molecule has 2 rings (SSSR count). The largest absolute Gasteiger partial charge is 0.207 e. The summed E-state index contributed by atoms with van der Waals surface area (Å²) >= 11 is 11.2. The molecule has 0 amide bonds. The third kappa shape index (κ3) is 2.84. The summed E-state index contributed by atoms with van der Waals surface area (Å²) < 4.78 is 14.4. The third-order valence-corrected chi connectivity index (χ3v) is 4.52. The lowest BCUT2D eigenvalue weighted by Gasteiger charge is -2.07. The second-order valence-electron chi connectivity index (χ2n) is 3.40. The maximum absolute atomic E-state index is 13.4. The van der Waals surface area contributed by atoms with Crippen molar-refractivity contribution in [2.75, 3.05) is 0 Å². The number of thiophene rings is 1. The summed E-state index contributed by atoms with van der Waals surface area (Å²) in [7, 11) is 0. The lowest BCUT2D eigenvalue weighted by atomic mass is 10.1. The van der Waals surface area contributed by atoms with Crippen molar-refractivity contribution < 1.29 is 4.39 Å². The monoisotopic (exact) mass is 318 g/mol. The molecule has 0 fully saturated rings. The van der Waals surface area contributed by atoms with Crippen molar-refractivity contribution in [2.45, 2.75) is 11.8 Å². The third-order valence-electron chi connectivity index (χ3n) is 2.26. The van der Waals surface area contributed by atoms with E-state index in [1.54, 1.807) is 23.5 Å². The predicted octanol–water partition coefficient (Wildman–Crippen LogP) is 5.17. The number of hydrogen-bond donors (Lipinski definition) is 0. The second kappa shape index (κ2) is 5.30. The molecule has 0 N–H and O–H groups in total. The quantitative estimate of drug-likeness (QED) is 0.684. The topological polar surface area (TPSA) is 0 Å². The minimum Gasteiger partial charge on any atom is -0.207 e. The Bertz CT molecular complexity index is 483. The molecule has 1 unspecified atom stereocenters. The molecule has 1 heterocycles. The van der Waals surface area contributed by atoms with Gasteiger partial charge in [-0.25, -0.2) is 4.39 Å². The summed E-state index contributed by atoms with van der Waals surface area (Å²) in [6, 6.07) is 10.7. The number of hydrogen-bond acceptors (Lipinski definition) is 1. The number of rotatable bonds is 3. The van der Waals surface area contributed by atoms with Crippen molar-refractivity contribution in [1.82, 2.24) is 0 Å². The van der Waals surface area contributed by atoms with Gasteiger partial charge < -0.3 is 0 Å². The summed E-state index contributed by atoms with van der Waals surface area (Å²) in [6.07, 6.45) is 0.515. The molecule has 0 saturated carbocycles. The minimum atomic E-state index is -0.191. The lowest BCUT2D eigenvalue weighted by Crippen LogP contribution is -1.96. The van der Waals surface area contributed by atoms with E-state index in [0.717, 1.165) is 8.66 Å². The number of benzene rings is 1. The van der Waals surface area contributed by atoms with Crippen LogP contribution in [0.15, 0.2) is 40.2 Å². The van der Waals surface area contributed by atoms with Crippen LogP contribution >= 0.6 is 38.9 Å². The van der Waals surface area contributed by atoms with Crippen molar-refractivity contribution in [3.05, 3.63) is 56.4 Å². The molecule has 0 spiro atoms. The normalized spacial score (nSPS) is 12.7. The van der Waals surface area contributed by atoms with Gasteiger partial charge in [0.15, 0.2) is 0 Å². The van der Waals surface area contributed by atoms with E-state index in [4.69, 9.17) is 11.6 Å². The van der Waals surface area contributed by atoms with Crippen LogP contribution in [0.1, 0.15) is 15.8 Å². The van der Waals surface area contributed by atoms with Crippen LogP contribution in [0.5, 0.6) is 0 Å². The van der Waals surface area contributed by atoms with Gasteiger partial charge in [0, 0.05) is 4.88 Å². The second-order valence-corrected chi connectivity index (χ2v) is 6.43. The zero-order chi connectivity index (χ0) is 11.5. The van der Waals surface area contributed by atoms with E-state index in [1.807, 2.05) is 18.2 Å². The van der Waals surface area contributed by atoms with Crippen LogP contribution in [0.4, 0.5) is 4.39 Å². The van der Waals surface area contributed by atoms with Gasteiger partial charge in [0.05, 0.1) is 9.16 Å². The fourth-order valence-electron chi connectivity index (χ4n) is 1.45. The van der Waals surface area contributed by atoms with Crippen molar-refractivity contribution in [1.29, 1.82) is 0 Å². The predicted molar refractivity (Wildman–Crippen MR) is 70.7 cm³/mol. The first kappa shape index (κ1) is 12.1. The molecule has 0 radical (unpaired) electrons. The highest BCUT2D eigenvalue weighted by Crippen LogP contribution is 2.33. The molecular weight excluding hydrogens is 311 g/mol. The Hall–Kier alpha value is -0.380. The highest BCUT2D eigenvalue weighted by atomic mass is 79.9. The van der Waals surface area contributed by atoms with Crippen LogP contribution in [0.3, 0.4) is 0 Å². The minimum absolute atomic E-state index is 0.173. The van der Waals surface area contributed by atoms with Gasteiger partial charge in [-0.15, -0.1) is 22.9 Å². The molecule has 0 saturated heterocycles. The Morgan fingerprint density at radius 2 is 2.00 bits per heavy atom. The molecule has 84 valence electrons. The van der Waals surface area contributed by atoms with E-state index in [0.29, 0.717) is 12.0 Å². The van der Waals surface area contributed by atoms with Gasteiger partial charge in [-0.1, -0.05) is 18.2 Å². The zero-order valence-corrected chi connectivity index (χ0v) is 11.4. The SMILES string of the molecule is Fc1ccccc1CC(Cl)c1ccc(Br)s1. The van der Waals surface area contributed by atoms with Crippen LogP contribution < -0.4 is 0 Å². The Balaban J connectivity index is 2.13. The summed E-state index contributed by atoms with van der Waals surface area (Å²) in [5.41, 5.74) is 0.659. The van der Waals surface area contributed by atoms with Crippen LogP contribution in [0.2, 0.25) is 0 Å². The van der Waals surface area contributed by atoms with E-state index in [9.17, 15) is 4.39 Å². The lowest BCUT2D eigenvalue weighted by molar-refractivity contribution is 0.608. The van der Waals surface area contributed by atoms with E-state index in [2.05, 4.69) is 15.9 Å². The standard InChI is InChI=1S/C12H9BrClFS/c13-12-6-5-11(16-12)9(14)7-8-3-1-2-4-10(8)15/h1-6,9H,7H2. The van der Waals surface area contributed by atoms with E-state index < -0.39 is 0 Å². The van der Waals surface area contributed by atoms with Crippen molar-refractivity contribution in [2.24, 2.45) is 0 Å². The van der Waals surface area contributed by atoms with Crippen molar-refractivity contribution >= 4 is 38.9 Å². The maximum Gasteiger partial charge on any atom is 0.126 e. The molecule has 0 aliphatic rings. The van der Waals surface area contributed by atoms with E-state index in [-0.39, 0.29) is 11.2 Å². The first-order valence-electron chi connectivity index (χ1n) is 4.79. The molecule has 0 bridgehead atoms. The van der Waals surface area contributed by atoms with Crippen LogP contribution in [0, 0.1) is 5.82 Å². The van der Waals surface area contributed by atoms with Crippen LogP contribution in [-0.2, 0) is 6.42 Å². The summed E-state index contributed by atoms with van der Waals surface area (Å²) in [5, 5.41) is -0.173. The highest BCUT2D eigenvalue weighted by molar-refractivity contribution is 9.11. The smallest absolute Gasteiger partial charge is 0.126 e. The first-order chi connectivity index (χ1) is 7.66. The summed E-state index contributed by atoms with van der Waals surface area (Å²) in [6.45, 7) is 0. The first-order valence-corrected chi connectivity index (χ1v) is 6.84. The molecule has 16 heavy (non-hydrogen) atoms. The van der Waals surface area contributed by atoms with E-state index >= 15 is 0 Å². The maximum atomic E-state index is 13.4. The summed E-state index contributed by atoms with van der Waals surface area (Å²) in [5.74, 6) is -0.191. The fraction of sp³-hybridized carbons (Fsp3) is 0.167. The Morgan fingerprint density at radius 3 is 2.62 bits per heavy atom. The fourth-order valence-corrected chi connectivity index (χ4v) is 3.23. The highest BCUT2D eigenvalue weighted by Gasteiger charge is 2.13. The summed E-state index contributed by atoms with van der Waals surface area (Å²) in [4.78, 5) is 1.05. The van der Waals surface area contributed by atoms with Crippen LogP contribution in [-0.4, -0.2) is 0 Å². The number of alkyl halides is 1. The van der Waals surface area contributed by atoms with Gasteiger partial charge in [-0.05, 0) is 46.1 Å². The van der Waals surface area contributed by atoms with Gasteiger partial charge in [0.1, 0.15) is 5.82 Å². The molecule has 2 aromatic rings. The molecule has 0 aliphatic heterocycles. The molecule has 1 aromatic heterocycles. The Kier molecular flexibility index (Phi) is 4.00. The molecule has 0 aliphatic carbocycles. The van der Waals surface area contributed by atoms with Gasteiger partial charge in [0.2, 0.25) is 0 Å². The molecule has 4 heteroatoms. The van der Waals surface area contributed by atoms with E-state index in [1.165, 1.54) is 6.07 Å². The average molecular weight is 320 g/mol. The van der Waals surface area contributed by atoms with Crippen molar-refractivity contribution in [3.8, 4) is 0 Å². The average Bonchev–Trinajstić information content (AvgIpc) is 2.68. The van der Waals surface area contributed by atoms with Crippen LogP contribution in [0.25, 0.3) is 0 Å². The molecule has 1 atom stereocenters. The van der Waals surface area contributed by atoms with Gasteiger partial charge in [-0.2, -0.15) is 0 Å². The molecule has 0 nitrogen and oxygen atoms in total.